The summed E-state index contributed by atoms with van der Waals surface area (Å²) in [5.74, 6) is -0.320. The zero-order valence-electron chi connectivity index (χ0n) is 16.2. The third kappa shape index (κ3) is 3.98. The Bertz CT molecular complexity index is 793. The molecule has 0 atom stereocenters. The molecule has 0 bridgehead atoms. The van der Waals surface area contributed by atoms with Gasteiger partial charge in [-0.3, -0.25) is 0 Å². The van der Waals surface area contributed by atoms with Gasteiger partial charge < -0.3 is 4.74 Å². The van der Waals surface area contributed by atoms with Crippen LogP contribution in [0.2, 0.25) is 0 Å². The smallest absolute Gasteiger partial charge is 0.338 e. The van der Waals surface area contributed by atoms with Gasteiger partial charge in [0.2, 0.25) is 0 Å². The minimum Gasteiger partial charge on any atom is -0.465 e. The summed E-state index contributed by atoms with van der Waals surface area (Å²) in [4.78, 5) is 12.2. The predicted octanol–water partition coefficient (Wildman–Crippen LogP) is 6.50. The highest BCUT2D eigenvalue weighted by Gasteiger charge is 2.29. The van der Waals surface area contributed by atoms with Crippen molar-refractivity contribution in [2.45, 2.75) is 52.4 Å². The molecule has 0 aliphatic rings. The van der Waals surface area contributed by atoms with Gasteiger partial charge in [0.15, 0.2) is 0 Å². The Kier molecular flexibility index (Phi) is 5.48. The van der Waals surface area contributed by atoms with Crippen LogP contribution in [-0.2, 0) is 15.6 Å². The molecule has 0 heterocycles. The zero-order valence-corrected chi connectivity index (χ0v) is 17.7. The van der Waals surface area contributed by atoms with Crippen LogP contribution in [0.4, 0.5) is 0 Å². The Morgan fingerprint density at radius 1 is 0.880 bits per heavy atom. The molecule has 0 saturated carbocycles. The normalized spacial score (nSPS) is 12.2. The zero-order chi connectivity index (χ0) is 19.0. The van der Waals surface area contributed by atoms with Crippen LogP contribution in [0, 0.1) is 0 Å². The lowest BCUT2D eigenvalue weighted by atomic mass is 9.74. The SMILES string of the molecule is COC(=O)c1ccccc1-c1ccc(C(C)(C)C)c(C(C)(C)C)c1Br. The molecule has 0 unspecified atom stereocenters. The first-order chi connectivity index (χ1) is 11.5. The molecule has 2 rings (SSSR count). The average molecular weight is 403 g/mol. The highest BCUT2D eigenvalue weighted by atomic mass is 79.9. The number of methoxy groups -OCH3 is 1. The topological polar surface area (TPSA) is 26.3 Å². The predicted molar refractivity (Wildman–Crippen MR) is 108 cm³/mol. The summed E-state index contributed by atoms with van der Waals surface area (Å²) in [6.07, 6.45) is 0. The number of carbonyl (C=O) groups excluding carboxylic acids is 1. The lowest BCUT2D eigenvalue weighted by molar-refractivity contribution is 0.0601. The molecule has 2 nitrogen and oxygen atoms in total. The van der Waals surface area contributed by atoms with Gasteiger partial charge in [-0.25, -0.2) is 4.79 Å². The first-order valence-corrected chi connectivity index (χ1v) is 9.29. The fraction of sp³-hybridized carbons (Fsp3) is 0.409. The van der Waals surface area contributed by atoms with E-state index >= 15 is 0 Å². The molecule has 0 N–H and O–H groups in total. The summed E-state index contributed by atoms with van der Waals surface area (Å²) in [6, 6.07) is 11.9. The number of rotatable bonds is 2. The minimum atomic E-state index is -0.320. The molecule has 0 spiro atoms. The van der Waals surface area contributed by atoms with Gasteiger partial charge in [-0.05, 0) is 55.1 Å². The van der Waals surface area contributed by atoms with Gasteiger partial charge in [0.25, 0.3) is 0 Å². The van der Waals surface area contributed by atoms with Crippen LogP contribution in [0.25, 0.3) is 11.1 Å². The minimum absolute atomic E-state index is 0.0301. The first kappa shape index (κ1) is 19.7. The second-order valence-electron chi connectivity index (χ2n) is 8.39. The Labute approximate surface area is 159 Å². The quantitative estimate of drug-likeness (QED) is 0.535. The molecule has 0 aromatic heterocycles. The number of halogens is 1. The van der Waals surface area contributed by atoms with E-state index in [-0.39, 0.29) is 16.8 Å². The molecular weight excluding hydrogens is 376 g/mol. The maximum atomic E-state index is 12.2. The van der Waals surface area contributed by atoms with Crippen LogP contribution in [0.15, 0.2) is 40.9 Å². The van der Waals surface area contributed by atoms with Crippen LogP contribution in [-0.4, -0.2) is 13.1 Å². The molecule has 0 amide bonds. The number of ether oxygens (including phenoxy) is 1. The Balaban J connectivity index is 2.81. The number of benzene rings is 2. The van der Waals surface area contributed by atoms with E-state index in [4.69, 9.17) is 4.74 Å². The van der Waals surface area contributed by atoms with Gasteiger partial charge in [-0.1, -0.05) is 71.9 Å². The standard InChI is InChI=1S/C22H27BrO2/c1-21(2,3)17-13-12-15(19(23)18(17)22(4,5)6)14-10-8-9-11-16(14)20(24)25-7/h8-13H,1-7H3. The van der Waals surface area contributed by atoms with Gasteiger partial charge >= 0.3 is 5.97 Å². The van der Waals surface area contributed by atoms with E-state index in [0.717, 1.165) is 15.6 Å². The fourth-order valence-electron chi connectivity index (χ4n) is 3.15. The van der Waals surface area contributed by atoms with E-state index < -0.39 is 0 Å². The molecule has 2 aromatic rings. The van der Waals surface area contributed by atoms with Crippen LogP contribution < -0.4 is 0 Å². The van der Waals surface area contributed by atoms with Gasteiger partial charge in [0.1, 0.15) is 0 Å². The van der Waals surface area contributed by atoms with Crippen molar-refractivity contribution in [2.75, 3.05) is 7.11 Å². The molecule has 3 heteroatoms. The summed E-state index contributed by atoms with van der Waals surface area (Å²) in [7, 11) is 1.41. The van der Waals surface area contributed by atoms with E-state index in [1.54, 1.807) is 0 Å². The molecule has 0 radical (unpaired) electrons. The number of esters is 1. The first-order valence-electron chi connectivity index (χ1n) is 8.49. The molecule has 2 aromatic carbocycles. The maximum Gasteiger partial charge on any atom is 0.338 e. The summed E-state index contributed by atoms with van der Waals surface area (Å²) in [5.41, 5.74) is 5.06. The molecule has 0 aliphatic heterocycles. The monoisotopic (exact) mass is 402 g/mol. The van der Waals surface area contributed by atoms with Crippen molar-refractivity contribution in [2.24, 2.45) is 0 Å². The van der Waals surface area contributed by atoms with E-state index in [1.165, 1.54) is 18.2 Å². The second kappa shape index (κ2) is 6.95. The van der Waals surface area contributed by atoms with Crippen LogP contribution >= 0.6 is 15.9 Å². The summed E-state index contributed by atoms with van der Waals surface area (Å²) in [5, 5.41) is 0. The van der Waals surface area contributed by atoms with Crippen molar-refractivity contribution in [1.29, 1.82) is 0 Å². The highest BCUT2D eigenvalue weighted by molar-refractivity contribution is 9.10. The van der Waals surface area contributed by atoms with E-state index in [9.17, 15) is 4.79 Å². The van der Waals surface area contributed by atoms with E-state index in [0.29, 0.717) is 5.56 Å². The third-order valence-electron chi connectivity index (χ3n) is 4.32. The Hall–Kier alpha value is -1.61. The average Bonchev–Trinajstić information content (AvgIpc) is 2.51. The molecule has 134 valence electrons. The van der Waals surface area contributed by atoms with E-state index in [1.807, 2.05) is 24.3 Å². The maximum absolute atomic E-state index is 12.2. The van der Waals surface area contributed by atoms with Crippen molar-refractivity contribution in [1.82, 2.24) is 0 Å². The van der Waals surface area contributed by atoms with Crippen molar-refractivity contribution in [3.05, 3.63) is 57.6 Å². The van der Waals surface area contributed by atoms with Crippen molar-refractivity contribution in [3.8, 4) is 11.1 Å². The molecule has 25 heavy (non-hydrogen) atoms. The van der Waals surface area contributed by atoms with Crippen LogP contribution in [0.3, 0.4) is 0 Å². The van der Waals surface area contributed by atoms with Gasteiger partial charge in [0.05, 0.1) is 12.7 Å². The summed E-state index contributed by atoms with van der Waals surface area (Å²) in [6.45, 7) is 13.3. The van der Waals surface area contributed by atoms with E-state index in [2.05, 4.69) is 69.6 Å². The lowest BCUT2D eigenvalue weighted by Gasteiger charge is -2.32. The molecule has 0 aliphatic carbocycles. The molecule has 0 fully saturated rings. The number of hydrogen-bond acceptors (Lipinski definition) is 2. The Morgan fingerprint density at radius 2 is 1.48 bits per heavy atom. The van der Waals surface area contributed by atoms with Crippen molar-refractivity contribution >= 4 is 21.9 Å². The fourth-order valence-corrected chi connectivity index (χ4v) is 4.30. The lowest BCUT2D eigenvalue weighted by Crippen LogP contribution is -2.23. The number of carbonyl (C=O) groups is 1. The third-order valence-corrected chi connectivity index (χ3v) is 5.15. The molecular formula is C22H27BrO2. The number of hydrogen-bond donors (Lipinski definition) is 0. The summed E-state index contributed by atoms with van der Waals surface area (Å²) < 4.78 is 6.00. The van der Waals surface area contributed by atoms with Gasteiger partial charge in [-0.2, -0.15) is 0 Å². The molecule has 0 saturated heterocycles. The van der Waals surface area contributed by atoms with Crippen molar-refractivity contribution < 1.29 is 9.53 Å². The van der Waals surface area contributed by atoms with Gasteiger partial charge in [0, 0.05) is 4.47 Å². The summed E-state index contributed by atoms with van der Waals surface area (Å²) >= 11 is 3.85. The highest BCUT2D eigenvalue weighted by Crippen LogP contribution is 2.43. The van der Waals surface area contributed by atoms with Crippen LogP contribution in [0.1, 0.15) is 63.0 Å². The Morgan fingerprint density at radius 3 is 2.00 bits per heavy atom. The largest absolute Gasteiger partial charge is 0.465 e. The second-order valence-corrected chi connectivity index (χ2v) is 9.18. The van der Waals surface area contributed by atoms with Crippen molar-refractivity contribution in [3.63, 3.8) is 0 Å². The van der Waals surface area contributed by atoms with Crippen LogP contribution in [0.5, 0.6) is 0 Å². The van der Waals surface area contributed by atoms with Gasteiger partial charge in [-0.15, -0.1) is 0 Å².